The van der Waals surface area contributed by atoms with Crippen LogP contribution in [0.15, 0.2) is 16.3 Å². The van der Waals surface area contributed by atoms with Gasteiger partial charge in [-0.05, 0) is 18.4 Å². The normalized spacial score (nSPS) is 9.73. The highest BCUT2D eigenvalue weighted by atomic mass is 32.2. The Hall–Kier alpha value is -0.165. The van der Waals surface area contributed by atoms with Gasteiger partial charge in [0.25, 0.3) is 0 Å². The van der Waals surface area contributed by atoms with Crippen molar-refractivity contribution in [3.63, 3.8) is 0 Å². The van der Waals surface area contributed by atoms with E-state index in [9.17, 15) is 0 Å². The second kappa shape index (κ2) is 4.01. The van der Waals surface area contributed by atoms with E-state index in [1.165, 1.54) is 11.3 Å². The van der Waals surface area contributed by atoms with Crippen molar-refractivity contribution in [2.75, 3.05) is 6.26 Å². The van der Waals surface area contributed by atoms with Gasteiger partial charge in [-0.15, -0.1) is 11.8 Å². The van der Waals surface area contributed by atoms with Crippen LogP contribution in [-0.2, 0) is 0 Å². The Morgan fingerprint density at radius 1 is 1.55 bits per heavy atom. The molecule has 11 heavy (non-hydrogen) atoms. The molecular formula is C5H7BO3S2. The van der Waals surface area contributed by atoms with E-state index in [0.717, 1.165) is 4.21 Å². The molecule has 60 valence electrons. The highest BCUT2D eigenvalue weighted by molar-refractivity contribution is 8.00. The summed E-state index contributed by atoms with van der Waals surface area (Å²) in [7, 11) is -1.72. The maximum atomic E-state index is 8.42. The minimum absolute atomic E-state index is 0.518. The first-order valence-electron chi connectivity index (χ1n) is 2.89. The molecule has 0 amide bonds. The summed E-state index contributed by atoms with van der Waals surface area (Å²) in [6, 6.07) is 3.57. The van der Waals surface area contributed by atoms with Crippen LogP contribution >= 0.6 is 23.1 Å². The van der Waals surface area contributed by atoms with Gasteiger partial charge in [-0.1, -0.05) is 11.3 Å². The maximum Gasteiger partial charge on any atom is 0.708 e. The Bertz CT molecular complexity index is 225. The lowest BCUT2D eigenvalue weighted by atomic mass is 10.3. The minimum Gasteiger partial charge on any atom is -0.504 e. The molecule has 0 bridgehead atoms. The summed E-state index contributed by atoms with van der Waals surface area (Å²) in [4.78, 5) is 0. The highest BCUT2D eigenvalue weighted by Crippen LogP contribution is 2.30. The van der Waals surface area contributed by atoms with E-state index < -0.39 is 7.32 Å². The fourth-order valence-corrected chi connectivity index (χ4v) is 1.97. The Morgan fingerprint density at radius 3 is 2.73 bits per heavy atom. The van der Waals surface area contributed by atoms with Gasteiger partial charge in [0.2, 0.25) is 0 Å². The number of thiophene rings is 1. The first-order valence-corrected chi connectivity index (χ1v) is 4.93. The molecule has 0 atom stereocenters. The Labute approximate surface area is 73.2 Å². The molecule has 0 saturated heterocycles. The summed E-state index contributed by atoms with van der Waals surface area (Å²) in [6.45, 7) is 0. The standard InChI is InChI=1S/C5H7BO3S2/c1-10-5-3-2-4(11-5)9-6(7)8/h2-3,7-8H,1H3. The summed E-state index contributed by atoms with van der Waals surface area (Å²) >= 11 is 2.97. The van der Waals surface area contributed by atoms with Crippen LogP contribution in [0, 0.1) is 0 Å². The minimum atomic E-state index is -1.72. The van der Waals surface area contributed by atoms with Gasteiger partial charge in [0.05, 0.1) is 4.21 Å². The third-order valence-electron chi connectivity index (χ3n) is 0.979. The van der Waals surface area contributed by atoms with Crippen LogP contribution in [0.5, 0.6) is 5.06 Å². The van der Waals surface area contributed by atoms with Crippen molar-refractivity contribution in [1.29, 1.82) is 0 Å². The number of hydrogen-bond donors (Lipinski definition) is 2. The van der Waals surface area contributed by atoms with E-state index >= 15 is 0 Å². The van der Waals surface area contributed by atoms with Gasteiger partial charge in [0, 0.05) is 0 Å². The lowest BCUT2D eigenvalue weighted by Gasteiger charge is -1.97. The van der Waals surface area contributed by atoms with Crippen molar-refractivity contribution in [2.24, 2.45) is 0 Å². The van der Waals surface area contributed by atoms with Crippen molar-refractivity contribution < 1.29 is 14.7 Å². The molecule has 0 fully saturated rings. The summed E-state index contributed by atoms with van der Waals surface area (Å²) < 4.78 is 5.70. The van der Waals surface area contributed by atoms with Crippen LogP contribution in [0.2, 0.25) is 0 Å². The van der Waals surface area contributed by atoms with Crippen molar-refractivity contribution in [3.8, 4) is 5.06 Å². The molecule has 0 saturated carbocycles. The first kappa shape index (κ1) is 8.93. The largest absolute Gasteiger partial charge is 0.708 e. The van der Waals surface area contributed by atoms with E-state index in [4.69, 9.17) is 10.0 Å². The molecule has 6 heteroatoms. The lowest BCUT2D eigenvalue weighted by molar-refractivity contribution is 0.292. The van der Waals surface area contributed by atoms with Crippen molar-refractivity contribution >= 4 is 30.4 Å². The molecule has 3 nitrogen and oxygen atoms in total. The van der Waals surface area contributed by atoms with E-state index in [1.807, 2.05) is 12.3 Å². The summed E-state index contributed by atoms with van der Waals surface area (Å²) in [5, 5.41) is 17.4. The van der Waals surface area contributed by atoms with E-state index in [2.05, 4.69) is 4.65 Å². The molecule has 0 radical (unpaired) electrons. The molecule has 1 rings (SSSR count). The third kappa shape index (κ3) is 2.74. The van der Waals surface area contributed by atoms with Gasteiger partial charge in [-0.25, -0.2) is 0 Å². The van der Waals surface area contributed by atoms with Gasteiger partial charge in [-0.2, -0.15) is 0 Å². The van der Waals surface area contributed by atoms with Gasteiger partial charge in [0.1, 0.15) is 0 Å². The molecule has 1 aromatic heterocycles. The van der Waals surface area contributed by atoms with Crippen molar-refractivity contribution in [2.45, 2.75) is 4.21 Å². The predicted octanol–water partition coefficient (Wildman–Crippen LogP) is 0.818. The van der Waals surface area contributed by atoms with Crippen LogP contribution in [0.3, 0.4) is 0 Å². The van der Waals surface area contributed by atoms with E-state index in [1.54, 1.807) is 17.8 Å². The zero-order valence-electron chi connectivity index (χ0n) is 5.85. The predicted molar refractivity (Wildman–Crippen MR) is 46.9 cm³/mol. The average molecular weight is 190 g/mol. The molecule has 0 spiro atoms. The number of hydrogen-bond acceptors (Lipinski definition) is 5. The number of rotatable bonds is 3. The molecule has 0 aliphatic rings. The van der Waals surface area contributed by atoms with Crippen molar-refractivity contribution in [3.05, 3.63) is 12.1 Å². The summed E-state index contributed by atoms with van der Waals surface area (Å²) in [5.41, 5.74) is 0. The zero-order chi connectivity index (χ0) is 8.27. The second-order valence-electron chi connectivity index (χ2n) is 1.72. The van der Waals surface area contributed by atoms with Crippen LogP contribution in [0.1, 0.15) is 0 Å². The molecule has 0 aliphatic heterocycles. The van der Waals surface area contributed by atoms with Crippen LogP contribution in [-0.4, -0.2) is 23.6 Å². The summed E-state index contributed by atoms with van der Waals surface area (Å²) in [5.74, 6) is 0. The first-order chi connectivity index (χ1) is 5.22. The maximum absolute atomic E-state index is 8.42. The zero-order valence-corrected chi connectivity index (χ0v) is 7.48. The van der Waals surface area contributed by atoms with Crippen LogP contribution < -0.4 is 4.65 Å². The fourth-order valence-electron chi connectivity index (χ4n) is 0.580. The lowest BCUT2D eigenvalue weighted by Crippen LogP contribution is -2.19. The van der Waals surface area contributed by atoms with Crippen LogP contribution in [0.25, 0.3) is 0 Å². The molecular weight excluding hydrogens is 183 g/mol. The smallest absolute Gasteiger partial charge is 0.504 e. The fraction of sp³-hybridized carbons (Fsp3) is 0.200. The van der Waals surface area contributed by atoms with Gasteiger partial charge >= 0.3 is 7.32 Å². The number of thioether (sulfide) groups is 1. The average Bonchev–Trinajstić information content (AvgIpc) is 2.34. The van der Waals surface area contributed by atoms with Gasteiger partial charge in [0.15, 0.2) is 5.06 Å². The SMILES string of the molecule is CSc1ccc(OB(O)O)s1. The molecule has 0 aliphatic carbocycles. The van der Waals surface area contributed by atoms with Crippen molar-refractivity contribution in [1.82, 2.24) is 0 Å². The molecule has 0 aromatic carbocycles. The Balaban J connectivity index is 2.58. The van der Waals surface area contributed by atoms with E-state index in [0.29, 0.717) is 5.06 Å². The second-order valence-corrected chi connectivity index (χ2v) is 3.87. The Kier molecular flexibility index (Phi) is 3.25. The molecule has 0 unspecified atom stereocenters. The molecule has 1 aromatic rings. The van der Waals surface area contributed by atoms with Gasteiger partial charge < -0.3 is 14.7 Å². The van der Waals surface area contributed by atoms with E-state index in [-0.39, 0.29) is 0 Å². The van der Waals surface area contributed by atoms with Crippen LogP contribution in [0.4, 0.5) is 0 Å². The topological polar surface area (TPSA) is 49.7 Å². The highest BCUT2D eigenvalue weighted by Gasteiger charge is 2.12. The summed E-state index contributed by atoms with van der Waals surface area (Å²) in [6.07, 6.45) is 1.95. The molecule has 2 N–H and O–H groups in total. The monoisotopic (exact) mass is 190 g/mol. The molecule has 1 heterocycles. The quantitative estimate of drug-likeness (QED) is 0.547. The third-order valence-corrected chi connectivity index (χ3v) is 3.04. The van der Waals surface area contributed by atoms with Gasteiger partial charge in [-0.3, -0.25) is 0 Å². The Morgan fingerprint density at radius 2 is 2.27 bits per heavy atom.